The number of hydrogen-bond acceptors (Lipinski definition) is 5. The van der Waals surface area contributed by atoms with Crippen molar-refractivity contribution in [2.45, 2.75) is 12.8 Å². The zero-order valence-corrected chi connectivity index (χ0v) is 13.0. The van der Waals surface area contributed by atoms with Crippen LogP contribution in [0.2, 0.25) is 0 Å². The minimum absolute atomic E-state index is 0.0996. The molecule has 0 fully saturated rings. The van der Waals surface area contributed by atoms with Crippen LogP contribution in [0, 0.1) is 0 Å². The second-order valence-corrected chi connectivity index (χ2v) is 5.43. The van der Waals surface area contributed by atoms with E-state index < -0.39 is 23.3 Å². The Morgan fingerprint density at radius 3 is 2.62 bits per heavy atom. The van der Waals surface area contributed by atoms with Gasteiger partial charge in [0.25, 0.3) is 0 Å². The third-order valence-electron chi connectivity index (χ3n) is 3.60. The van der Waals surface area contributed by atoms with Crippen molar-refractivity contribution in [3.05, 3.63) is 75.6 Å². The molecule has 0 bridgehead atoms. The topological polar surface area (TPSA) is 76.7 Å². The number of benzene rings is 2. The lowest BCUT2D eigenvalue weighted by molar-refractivity contribution is -0.137. The molecule has 0 saturated heterocycles. The molecule has 0 amide bonds. The van der Waals surface area contributed by atoms with Crippen LogP contribution >= 0.6 is 0 Å². The molecule has 1 N–H and O–H groups in total. The SMILES string of the molecule is O=C(OCc1cc(=O)oc2cc(O)ccc12)c1cccc(C(F)(F)F)c1. The molecule has 134 valence electrons. The summed E-state index contributed by atoms with van der Waals surface area (Å²) in [5.41, 5.74) is -1.54. The Hall–Kier alpha value is -3.29. The highest BCUT2D eigenvalue weighted by Crippen LogP contribution is 2.30. The lowest BCUT2D eigenvalue weighted by Crippen LogP contribution is -2.10. The molecule has 0 atom stereocenters. The molecule has 0 spiro atoms. The van der Waals surface area contributed by atoms with E-state index >= 15 is 0 Å². The van der Waals surface area contributed by atoms with E-state index in [0.29, 0.717) is 17.0 Å². The number of rotatable bonds is 3. The second kappa shape index (κ2) is 6.55. The van der Waals surface area contributed by atoms with E-state index in [-0.39, 0.29) is 23.5 Å². The molecule has 5 nitrogen and oxygen atoms in total. The first-order chi connectivity index (χ1) is 12.2. The van der Waals surface area contributed by atoms with Gasteiger partial charge in [0.1, 0.15) is 17.9 Å². The quantitative estimate of drug-likeness (QED) is 0.564. The molecule has 2 aromatic carbocycles. The molecule has 8 heteroatoms. The van der Waals surface area contributed by atoms with Gasteiger partial charge in [0.15, 0.2) is 0 Å². The van der Waals surface area contributed by atoms with Gasteiger partial charge in [-0.3, -0.25) is 0 Å². The van der Waals surface area contributed by atoms with Gasteiger partial charge in [-0.2, -0.15) is 13.2 Å². The Bertz CT molecular complexity index is 1040. The molecule has 1 aromatic heterocycles. The number of fused-ring (bicyclic) bond motifs is 1. The van der Waals surface area contributed by atoms with Gasteiger partial charge in [0, 0.05) is 23.1 Å². The number of halogens is 3. The fourth-order valence-electron chi connectivity index (χ4n) is 2.39. The molecule has 0 aliphatic carbocycles. The van der Waals surface area contributed by atoms with Crippen LogP contribution in [0.1, 0.15) is 21.5 Å². The van der Waals surface area contributed by atoms with Crippen LogP contribution in [0.5, 0.6) is 5.75 Å². The summed E-state index contributed by atoms with van der Waals surface area (Å²) >= 11 is 0. The van der Waals surface area contributed by atoms with Crippen molar-refractivity contribution in [2.24, 2.45) is 0 Å². The zero-order valence-electron chi connectivity index (χ0n) is 13.0. The standard InChI is InChI=1S/C18H11F3O5/c19-18(20,21)12-3-1-2-10(6-12)17(24)25-9-11-7-16(23)26-15-8-13(22)4-5-14(11)15/h1-8,22H,9H2. The molecule has 0 aliphatic heterocycles. The maximum atomic E-state index is 12.7. The van der Waals surface area contributed by atoms with Crippen LogP contribution in [0.15, 0.2) is 57.7 Å². The highest BCUT2D eigenvalue weighted by molar-refractivity contribution is 5.90. The van der Waals surface area contributed by atoms with E-state index in [1.54, 1.807) is 0 Å². The van der Waals surface area contributed by atoms with Gasteiger partial charge in [-0.15, -0.1) is 0 Å². The Labute approximate surface area is 144 Å². The molecule has 1 heterocycles. The van der Waals surface area contributed by atoms with Crippen molar-refractivity contribution in [2.75, 3.05) is 0 Å². The smallest absolute Gasteiger partial charge is 0.416 e. The molecule has 0 unspecified atom stereocenters. The summed E-state index contributed by atoms with van der Waals surface area (Å²) in [6.45, 7) is -0.345. The summed E-state index contributed by atoms with van der Waals surface area (Å²) in [6, 6.07) is 9.02. The first kappa shape index (κ1) is 17.5. The third-order valence-corrected chi connectivity index (χ3v) is 3.60. The Morgan fingerprint density at radius 2 is 1.88 bits per heavy atom. The summed E-state index contributed by atoms with van der Waals surface area (Å²) in [5, 5.41) is 9.86. The highest BCUT2D eigenvalue weighted by Gasteiger charge is 2.31. The summed E-state index contributed by atoms with van der Waals surface area (Å²) in [6.07, 6.45) is -4.58. The first-order valence-corrected chi connectivity index (χ1v) is 7.34. The fourth-order valence-corrected chi connectivity index (χ4v) is 2.39. The van der Waals surface area contributed by atoms with Crippen molar-refractivity contribution in [3.63, 3.8) is 0 Å². The molecule has 3 rings (SSSR count). The number of alkyl halides is 3. The van der Waals surface area contributed by atoms with Gasteiger partial charge in [-0.25, -0.2) is 9.59 Å². The van der Waals surface area contributed by atoms with Crippen molar-refractivity contribution in [3.8, 4) is 5.75 Å². The van der Waals surface area contributed by atoms with Crippen molar-refractivity contribution in [1.29, 1.82) is 0 Å². The molecular weight excluding hydrogens is 353 g/mol. The number of aromatic hydroxyl groups is 1. The molecule has 3 aromatic rings. The Balaban J connectivity index is 1.85. The van der Waals surface area contributed by atoms with Crippen molar-refractivity contribution in [1.82, 2.24) is 0 Å². The normalized spacial score (nSPS) is 11.5. The zero-order chi connectivity index (χ0) is 18.9. The van der Waals surface area contributed by atoms with Crippen molar-refractivity contribution >= 4 is 16.9 Å². The Kier molecular flexibility index (Phi) is 4.41. The summed E-state index contributed by atoms with van der Waals surface area (Å²) in [7, 11) is 0. The first-order valence-electron chi connectivity index (χ1n) is 7.34. The van der Waals surface area contributed by atoms with Crippen LogP contribution in [-0.4, -0.2) is 11.1 Å². The monoisotopic (exact) mass is 364 g/mol. The van der Waals surface area contributed by atoms with Crippen molar-refractivity contribution < 1.29 is 32.2 Å². The lowest BCUT2D eigenvalue weighted by atomic mass is 10.1. The average molecular weight is 364 g/mol. The predicted molar refractivity (Wildman–Crippen MR) is 84.7 cm³/mol. The summed E-state index contributed by atoms with van der Waals surface area (Å²) in [5.74, 6) is -1.07. The maximum absolute atomic E-state index is 12.7. The Morgan fingerprint density at radius 1 is 1.12 bits per heavy atom. The molecular formula is C18H11F3O5. The van der Waals surface area contributed by atoms with E-state index in [9.17, 15) is 27.9 Å². The van der Waals surface area contributed by atoms with E-state index in [1.807, 2.05) is 0 Å². The second-order valence-electron chi connectivity index (χ2n) is 5.43. The van der Waals surface area contributed by atoms with Crippen LogP contribution in [0.3, 0.4) is 0 Å². The van der Waals surface area contributed by atoms with Gasteiger partial charge < -0.3 is 14.3 Å². The van der Waals surface area contributed by atoms with E-state index in [2.05, 4.69) is 0 Å². The van der Waals surface area contributed by atoms with Gasteiger partial charge in [0.2, 0.25) is 0 Å². The largest absolute Gasteiger partial charge is 0.508 e. The van der Waals surface area contributed by atoms with Crippen LogP contribution in [0.25, 0.3) is 11.0 Å². The number of phenols is 1. The summed E-state index contributed by atoms with van der Waals surface area (Å²) < 4.78 is 48.1. The minimum atomic E-state index is -4.58. The number of ether oxygens (including phenoxy) is 1. The highest BCUT2D eigenvalue weighted by atomic mass is 19.4. The molecule has 0 aliphatic rings. The van der Waals surface area contributed by atoms with Crippen LogP contribution < -0.4 is 5.63 Å². The van der Waals surface area contributed by atoms with Gasteiger partial charge in [-0.1, -0.05) is 6.07 Å². The molecule has 26 heavy (non-hydrogen) atoms. The number of carbonyl (C=O) groups excluding carboxylic acids is 1. The average Bonchev–Trinajstić information content (AvgIpc) is 2.58. The number of carbonyl (C=O) groups is 1. The molecule has 0 radical (unpaired) electrons. The number of esters is 1. The fraction of sp³-hybridized carbons (Fsp3) is 0.111. The number of phenolic OH excluding ortho intramolecular Hbond substituents is 1. The van der Waals surface area contributed by atoms with E-state index in [0.717, 1.165) is 18.2 Å². The van der Waals surface area contributed by atoms with E-state index in [4.69, 9.17) is 9.15 Å². The predicted octanol–water partition coefficient (Wildman–Crippen LogP) is 3.87. The van der Waals surface area contributed by atoms with Gasteiger partial charge >= 0.3 is 17.8 Å². The van der Waals surface area contributed by atoms with Gasteiger partial charge in [0.05, 0.1) is 11.1 Å². The minimum Gasteiger partial charge on any atom is -0.508 e. The lowest BCUT2D eigenvalue weighted by Gasteiger charge is -2.10. The third kappa shape index (κ3) is 3.69. The van der Waals surface area contributed by atoms with Crippen LogP contribution in [-0.2, 0) is 17.5 Å². The van der Waals surface area contributed by atoms with E-state index in [1.165, 1.54) is 24.3 Å². The maximum Gasteiger partial charge on any atom is 0.416 e. The van der Waals surface area contributed by atoms with Gasteiger partial charge in [-0.05, 0) is 30.3 Å². The number of hydrogen-bond donors (Lipinski definition) is 1. The van der Waals surface area contributed by atoms with Crippen LogP contribution in [0.4, 0.5) is 13.2 Å². The molecule has 0 saturated carbocycles. The summed E-state index contributed by atoms with van der Waals surface area (Å²) in [4.78, 5) is 23.6.